The van der Waals surface area contributed by atoms with Gasteiger partial charge >= 0.3 is 0 Å². The van der Waals surface area contributed by atoms with Gasteiger partial charge in [0, 0.05) is 12.6 Å². The standard InChI is InChI=1S/C10H16N4/c1-2-5-14(9-3-4-9)10-12-6-8(11)7-13-10/h6-7,9H,2-5,11H2,1H3. The summed E-state index contributed by atoms with van der Waals surface area (Å²) in [6.07, 6.45) is 7.02. The van der Waals surface area contributed by atoms with Crippen LogP contribution in [-0.2, 0) is 0 Å². The van der Waals surface area contributed by atoms with Crippen LogP contribution < -0.4 is 10.6 Å². The molecule has 0 saturated heterocycles. The first kappa shape index (κ1) is 9.24. The van der Waals surface area contributed by atoms with E-state index in [-0.39, 0.29) is 0 Å². The van der Waals surface area contributed by atoms with Gasteiger partial charge in [-0.3, -0.25) is 0 Å². The van der Waals surface area contributed by atoms with Gasteiger partial charge in [0.25, 0.3) is 0 Å². The number of nitrogen functional groups attached to an aromatic ring is 1. The Morgan fingerprint density at radius 2 is 2.07 bits per heavy atom. The van der Waals surface area contributed by atoms with E-state index < -0.39 is 0 Å². The van der Waals surface area contributed by atoms with E-state index in [2.05, 4.69) is 21.8 Å². The summed E-state index contributed by atoms with van der Waals surface area (Å²) in [5.41, 5.74) is 6.17. The quantitative estimate of drug-likeness (QED) is 0.784. The molecule has 0 bridgehead atoms. The van der Waals surface area contributed by atoms with E-state index in [1.165, 1.54) is 12.8 Å². The lowest BCUT2D eigenvalue weighted by Crippen LogP contribution is -2.28. The molecule has 1 aliphatic carbocycles. The summed E-state index contributed by atoms with van der Waals surface area (Å²) in [6.45, 7) is 3.21. The Morgan fingerprint density at radius 1 is 1.43 bits per heavy atom. The van der Waals surface area contributed by atoms with Crippen molar-refractivity contribution in [3.63, 3.8) is 0 Å². The summed E-state index contributed by atoms with van der Waals surface area (Å²) < 4.78 is 0. The van der Waals surface area contributed by atoms with Crippen LogP contribution >= 0.6 is 0 Å². The number of nitrogens with two attached hydrogens (primary N) is 1. The van der Waals surface area contributed by atoms with Crippen molar-refractivity contribution in [2.75, 3.05) is 17.2 Å². The SMILES string of the molecule is CCCN(c1ncc(N)cn1)C1CC1. The Hall–Kier alpha value is -1.32. The molecule has 76 valence electrons. The van der Waals surface area contributed by atoms with Crippen LogP contribution in [0, 0.1) is 0 Å². The third kappa shape index (κ3) is 1.95. The molecule has 0 aliphatic heterocycles. The molecule has 0 aromatic carbocycles. The molecule has 0 atom stereocenters. The van der Waals surface area contributed by atoms with Crippen molar-refractivity contribution < 1.29 is 0 Å². The summed E-state index contributed by atoms with van der Waals surface area (Å²) in [4.78, 5) is 10.8. The zero-order valence-corrected chi connectivity index (χ0v) is 8.48. The number of hydrogen-bond acceptors (Lipinski definition) is 4. The first-order chi connectivity index (χ1) is 6.81. The Kier molecular flexibility index (Phi) is 2.52. The fraction of sp³-hybridized carbons (Fsp3) is 0.600. The number of hydrogen-bond donors (Lipinski definition) is 1. The zero-order valence-electron chi connectivity index (χ0n) is 8.48. The minimum atomic E-state index is 0.626. The molecule has 2 N–H and O–H groups in total. The van der Waals surface area contributed by atoms with Crippen LogP contribution in [0.3, 0.4) is 0 Å². The van der Waals surface area contributed by atoms with E-state index in [0.29, 0.717) is 11.7 Å². The molecule has 4 heteroatoms. The van der Waals surface area contributed by atoms with E-state index in [1.54, 1.807) is 12.4 Å². The fourth-order valence-electron chi connectivity index (χ4n) is 1.55. The van der Waals surface area contributed by atoms with Gasteiger partial charge in [0.1, 0.15) is 0 Å². The van der Waals surface area contributed by atoms with Crippen LogP contribution in [0.25, 0.3) is 0 Å². The lowest BCUT2D eigenvalue weighted by atomic mass is 10.4. The van der Waals surface area contributed by atoms with Crippen LogP contribution in [0.2, 0.25) is 0 Å². The van der Waals surface area contributed by atoms with Crippen molar-refractivity contribution in [2.45, 2.75) is 32.2 Å². The lowest BCUT2D eigenvalue weighted by Gasteiger charge is -2.21. The third-order valence-corrected chi connectivity index (χ3v) is 2.37. The lowest BCUT2D eigenvalue weighted by molar-refractivity contribution is 0.735. The van der Waals surface area contributed by atoms with Gasteiger partial charge in [-0.25, -0.2) is 9.97 Å². The van der Waals surface area contributed by atoms with Crippen molar-refractivity contribution in [3.8, 4) is 0 Å². The maximum absolute atomic E-state index is 5.55. The van der Waals surface area contributed by atoms with Gasteiger partial charge in [0.05, 0.1) is 18.1 Å². The van der Waals surface area contributed by atoms with Crippen LogP contribution in [0.4, 0.5) is 11.6 Å². The molecule has 1 aliphatic rings. The predicted octanol–water partition coefficient (Wildman–Crippen LogP) is 1.44. The number of rotatable bonds is 4. The second kappa shape index (κ2) is 3.82. The average molecular weight is 192 g/mol. The highest BCUT2D eigenvalue weighted by Gasteiger charge is 2.29. The summed E-state index contributed by atoms with van der Waals surface area (Å²) in [6, 6.07) is 0.665. The molecule has 4 nitrogen and oxygen atoms in total. The van der Waals surface area contributed by atoms with Crippen molar-refractivity contribution >= 4 is 11.6 Å². The minimum absolute atomic E-state index is 0.626. The van der Waals surface area contributed by atoms with E-state index in [4.69, 9.17) is 5.73 Å². The highest BCUT2D eigenvalue weighted by molar-refractivity contribution is 5.39. The van der Waals surface area contributed by atoms with Crippen LogP contribution in [0.1, 0.15) is 26.2 Å². The molecule has 1 heterocycles. The van der Waals surface area contributed by atoms with Crippen LogP contribution in [-0.4, -0.2) is 22.6 Å². The molecule has 0 spiro atoms. The summed E-state index contributed by atoms with van der Waals surface area (Å²) in [5.74, 6) is 0.823. The second-order valence-electron chi connectivity index (χ2n) is 3.74. The van der Waals surface area contributed by atoms with Crippen molar-refractivity contribution in [2.24, 2.45) is 0 Å². The maximum Gasteiger partial charge on any atom is 0.225 e. The predicted molar refractivity (Wildman–Crippen MR) is 57.1 cm³/mol. The van der Waals surface area contributed by atoms with Gasteiger partial charge in [0.15, 0.2) is 0 Å². The maximum atomic E-state index is 5.55. The fourth-order valence-corrected chi connectivity index (χ4v) is 1.55. The van der Waals surface area contributed by atoms with Crippen LogP contribution in [0.15, 0.2) is 12.4 Å². The highest BCUT2D eigenvalue weighted by atomic mass is 15.3. The molecule has 1 aromatic heterocycles. The normalized spacial score (nSPS) is 15.5. The third-order valence-electron chi connectivity index (χ3n) is 2.37. The smallest absolute Gasteiger partial charge is 0.225 e. The molecule has 0 unspecified atom stereocenters. The van der Waals surface area contributed by atoms with Gasteiger partial charge in [-0.2, -0.15) is 0 Å². The molecule has 0 radical (unpaired) electrons. The molecular formula is C10H16N4. The summed E-state index contributed by atoms with van der Waals surface area (Å²) in [7, 11) is 0. The van der Waals surface area contributed by atoms with E-state index in [9.17, 15) is 0 Å². The number of nitrogens with zero attached hydrogens (tertiary/aromatic N) is 3. The van der Waals surface area contributed by atoms with E-state index >= 15 is 0 Å². The van der Waals surface area contributed by atoms with Gasteiger partial charge in [-0.1, -0.05) is 6.92 Å². The van der Waals surface area contributed by atoms with Gasteiger partial charge in [-0.15, -0.1) is 0 Å². The second-order valence-corrected chi connectivity index (χ2v) is 3.74. The molecular weight excluding hydrogens is 176 g/mol. The van der Waals surface area contributed by atoms with Crippen molar-refractivity contribution in [3.05, 3.63) is 12.4 Å². The Balaban J connectivity index is 2.13. The van der Waals surface area contributed by atoms with E-state index in [0.717, 1.165) is 18.9 Å². The van der Waals surface area contributed by atoms with Gasteiger partial charge in [-0.05, 0) is 19.3 Å². The first-order valence-corrected chi connectivity index (χ1v) is 5.15. The monoisotopic (exact) mass is 192 g/mol. The highest BCUT2D eigenvalue weighted by Crippen LogP contribution is 2.29. The van der Waals surface area contributed by atoms with Crippen molar-refractivity contribution in [1.29, 1.82) is 0 Å². The number of anilines is 2. The largest absolute Gasteiger partial charge is 0.396 e. The molecule has 1 fully saturated rings. The van der Waals surface area contributed by atoms with Crippen molar-refractivity contribution in [1.82, 2.24) is 9.97 Å². The molecule has 1 aromatic rings. The Bertz CT molecular complexity index is 291. The average Bonchev–Trinajstić information content (AvgIpc) is 2.99. The molecule has 14 heavy (non-hydrogen) atoms. The Morgan fingerprint density at radius 3 is 2.57 bits per heavy atom. The zero-order chi connectivity index (χ0) is 9.97. The van der Waals surface area contributed by atoms with Crippen LogP contribution in [0.5, 0.6) is 0 Å². The van der Waals surface area contributed by atoms with Gasteiger partial charge < -0.3 is 10.6 Å². The number of aromatic nitrogens is 2. The Labute approximate surface area is 84.2 Å². The minimum Gasteiger partial charge on any atom is -0.396 e. The van der Waals surface area contributed by atoms with E-state index in [1.807, 2.05) is 0 Å². The molecule has 0 amide bonds. The first-order valence-electron chi connectivity index (χ1n) is 5.15. The van der Waals surface area contributed by atoms with Gasteiger partial charge in [0.2, 0.25) is 5.95 Å². The molecule has 1 saturated carbocycles. The summed E-state index contributed by atoms with van der Waals surface area (Å²) in [5, 5.41) is 0. The topological polar surface area (TPSA) is 55.0 Å². The summed E-state index contributed by atoms with van der Waals surface area (Å²) >= 11 is 0. The molecule has 2 rings (SSSR count).